The highest BCUT2D eigenvalue weighted by Gasteiger charge is 2.60. The Hall–Kier alpha value is -0.490. The van der Waals surface area contributed by atoms with Crippen molar-refractivity contribution >= 4 is 0 Å². The molecule has 0 aromatic rings. The molecular formula is C6H7F7. The molecule has 7 heteroatoms. The quantitative estimate of drug-likeness (QED) is 0.627. The molecule has 0 saturated carbocycles. The molecule has 0 amide bonds. The fourth-order valence-corrected chi connectivity index (χ4v) is 0.571. The molecule has 0 bridgehead atoms. The lowest BCUT2D eigenvalue weighted by Crippen LogP contribution is -2.48. The summed E-state index contributed by atoms with van der Waals surface area (Å²) in [7, 11) is 0. The molecule has 80 valence electrons. The molecule has 0 saturated heterocycles. The van der Waals surface area contributed by atoms with E-state index in [2.05, 4.69) is 0 Å². The lowest BCUT2D eigenvalue weighted by atomic mass is 10.1. The normalized spacial score (nSPS) is 16.4. The number of alkyl halides is 7. The van der Waals surface area contributed by atoms with Gasteiger partial charge in [-0.25, -0.2) is 22.0 Å². The summed E-state index contributed by atoms with van der Waals surface area (Å²) in [4.78, 5) is 0. The first-order chi connectivity index (χ1) is 5.66. The first-order valence-corrected chi connectivity index (χ1v) is 3.34. The summed E-state index contributed by atoms with van der Waals surface area (Å²) >= 11 is 0. The van der Waals surface area contributed by atoms with Gasteiger partial charge >= 0.3 is 12.3 Å². The number of rotatable bonds is 4. The molecular weight excluding hydrogens is 205 g/mol. The molecule has 0 heterocycles. The van der Waals surface area contributed by atoms with Crippen molar-refractivity contribution in [2.45, 2.75) is 37.8 Å². The highest BCUT2D eigenvalue weighted by molar-refractivity contribution is 4.89. The van der Waals surface area contributed by atoms with Crippen LogP contribution in [-0.2, 0) is 0 Å². The third-order valence-electron chi connectivity index (χ3n) is 1.47. The Morgan fingerprint density at radius 1 is 1.00 bits per heavy atom. The second kappa shape index (κ2) is 3.71. The summed E-state index contributed by atoms with van der Waals surface area (Å²) < 4.78 is 83.5. The van der Waals surface area contributed by atoms with Gasteiger partial charge in [0.2, 0.25) is 6.17 Å². The molecule has 13 heavy (non-hydrogen) atoms. The van der Waals surface area contributed by atoms with Gasteiger partial charge in [0, 0.05) is 6.42 Å². The Morgan fingerprint density at radius 3 is 1.62 bits per heavy atom. The first-order valence-electron chi connectivity index (χ1n) is 3.34. The van der Waals surface area contributed by atoms with Gasteiger partial charge in [-0.15, -0.1) is 0 Å². The van der Waals surface area contributed by atoms with E-state index in [1.54, 1.807) is 0 Å². The van der Waals surface area contributed by atoms with E-state index in [0.29, 0.717) is 0 Å². The van der Waals surface area contributed by atoms with E-state index in [9.17, 15) is 30.7 Å². The van der Waals surface area contributed by atoms with Gasteiger partial charge in [-0.2, -0.15) is 8.78 Å². The van der Waals surface area contributed by atoms with Crippen molar-refractivity contribution in [1.29, 1.82) is 0 Å². The molecule has 0 aliphatic rings. The van der Waals surface area contributed by atoms with Crippen LogP contribution in [0, 0.1) is 0 Å². The minimum absolute atomic E-state index is 0.730. The van der Waals surface area contributed by atoms with E-state index in [1.165, 1.54) is 0 Å². The second-order valence-electron chi connectivity index (χ2n) is 2.45. The first kappa shape index (κ1) is 12.5. The molecule has 0 aliphatic carbocycles. The largest absolute Gasteiger partial charge is 0.343 e. The van der Waals surface area contributed by atoms with Crippen LogP contribution in [0.15, 0.2) is 0 Å². The maximum Gasteiger partial charge on any atom is 0.343 e. The van der Waals surface area contributed by atoms with E-state index in [4.69, 9.17) is 0 Å². The van der Waals surface area contributed by atoms with Crippen LogP contribution in [0.1, 0.15) is 13.3 Å². The van der Waals surface area contributed by atoms with Crippen LogP contribution >= 0.6 is 0 Å². The Labute approximate surface area is 69.7 Å². The van der Waals surface area contributed by atoms with Crippen molar-refractivity contribution in [3.63, 3.8) is 0 Å². The van der Waals surface area contributed by atoms with E-state index < -0.39 is 30.9 Å². The van der Waals surface area contributed by atoms with Gasteiger partial charge in [0.15, 0.2) is 0 Å². The maximum atomic E-state index is 12.2. The molecule has 0 rings (SSSR count). The van der Waals surface area contributed by atoms with E-state index in [-0.39, 0.29) is 0 Å². The molecule has 1 unspecified atom stereocenters. The van der Waals surface area contributed by atoms with Crippen molar-refractivity contribution in [1.82, 2.24) is 0 Å². The van der Waals surface area contributed by atoms with Crippen LogP contribution in [-0.4, -0.2) is 24.4 Å². The fraction of sp³-hybridized carbons (Fsp3) is 1.00. The van der Waals surface area contributed by atoms with Crippen LogP contribution in [0.2, 0.25) is 0 Å². The average Bonchev–Trinajstić information content (AvgIpc) is 2.02. The van der Waals surface area contributed by atoms with Crippen LogP contribution < -0.4 is 0 Å². The Kier molecular flexibility index (Phi) is 3.57. The lowest BCUT2D eigenvalue weighted by Gasteiger charge is -2.25. The van der Waals surface area contributed by atoms with Gasteiger partial charge in [0.25, 0.3) is 5.92 Å². The number of hydrogen-bond acceptors (Lipinski definition) is 0. The third kappa shape index (κ3) is 2.47. The van der Waals surface area contributed by atoms with Gasteiger partial charge in [0.05, 0.1) is 0 Å². The molecule has 0 fully saturated rings. The summed E-state index contributed by atoms with van der Waals surface area (Å²) in [6, 6.07) is 0. The van der Waals surface area contributed by atoms with Crippen molar-refractivity contribution < 1.29 is 30.7 Å². The fourth-order valence-electron chi connectivity index (χ4n) is 0.571. The Morgan fingerprint density at radius 2 is 1.38 bits per heavy atom. The second-order valence-corrected chi connectivity index (χ2v) is 2.45. The zero-order valence-electron chi connectivity index (χ0n) is 6.51. The van der Waals surface area contributed by atoms with Crippen molar-refractivity contribution in [2.75, 3.05) is 0 Å². The van der Waals surface area contributed by atoms with Crippen LogP contribution in [0.3, 0.4) is 0 Å². The topological polar surface area (TPSA) is 0 Å². The maximum absolute atomic E-state index is 12.2. The minimum atomic E-state index is -5.31. The molecule has 0 nitrogen and oxygen atoms in total. The van der Waals surface area contributed by atoms with Gasteiger partial charge in [-0.3, -0.25) is 0 Å². The standard InChI is InChI=1S/C6H7F7/c1-2-5(10,11)3(7)6(12,13)4(8)9/h3-4H,2H2,1H3. The number of hydrogen-bond donors (Lipinski definition) is 0. The van der Waals surface area contributed by atoms with Crippen LogP contribution in [0.4, 0.5) is 30.7 Å². The minimum Gasteiger partial charge on any atom is -0.234 e. The zero-order valence-corrected chi connectivity index (χ0v) is 6.51. The molecule has 0 N–H and O–H groups in total. The van der Waals surface area contributed by atoms with Crippen molar-refractivity contribution in [3.05, 3.63) is 0 Å². The summed E-state index contributed by atoms with van der Waals surface area (Å²) in [5, 5.41) is 0. The highest BCUT2D eigenvalue weighted by Crippen LogP contribution is 2.39. The third-order valence-corrected chi connectivity index (χ3v) is 1.47. The summed E-state index contributed by atoms with van der Waals surface area (Å²) in [6.45, 7) is 0.730. The lowest BCUT2D eigenvalue weighted by molar-refractivity contribution is -0.231. The zero-order chi connectivity index (χ0) is 10.9. The average molecular weight is 212 g/mol. The van der Waals surface area contributed by atoms with Crippen LogP contribution in [0.5, 0.6) is 0 Å². The summed E-state index contributed by atoms with van der Waals surface area (Å²) in [6.07, 6.45) is -9.83. The Bertz CT molecular complexity index is 164. The van der Waals surface area contributed by atoms with E-state index in [0.717, 1.165) is 6.92 Å². The Balaban J connectivity index is 4.67. The van der Waals surface area contributed by atoms with Crippen LogP contribution in [0.25, 0.3) is 0 Å². The predicted octanol–water partition coefficient (Wildman–Crippen LogP) is 3.27. The molecule has 0 radical (unpaired) electrons. The highest BCUT2D eigenvalue weighted by atomic mass is 19.3. The predicted molar refractivity (Wildman–Crippen MR) is 31.1 cm³/mol. The van der Waals surface area contributed by atoms with Gasteiger partial charge in [-0.05, 0) is 0 Å². The molecule has 0 aliphatic heterocycles. The molecule has 0 aromatic carbocycles. The van der Waals surface area contributed by atoms with Gasteiger partial charge in [-0.1, -0.05) is 6.92 Å². The van der Waals surface area contributed by atoms with E-state index in [1.807, 2.05) is 0 Å². The molecule has 0 aromatic heterocycles. The van der Waals surface area contributed by atoms with Crippen molar-refractivity contribution in [2.24, 2.45) is 0 Å². The monoisotopic (exact) mass is 212 g/mol. The number of halogens is 7. The van der Waals surface area contributed by atoms with Gasteiger partial charge in [0.1, 0.15) is 0 Å². The smallest absolute Gasteiger partial charge is 0.234 e. The molecule has 0 spiro atoms. The van der Waals surface area contributed by atoms with Crippen molar-refractivity contribution in [3.8, 4) is 0 Å². The summed E-state index contributed by atoms with van der Waals surface area (Å²) in [5.41, 5.74) is 0. The SMILES string of the molecule is CCC(F)(F)C(F)C(F)(F)C(F)F. The molecule has 1 atom stereocenters. The van der Waals surface area contributed by atoms with Gasteiger partial charge < -0.3 is 0 Å². The van der Waals surface area contributed by atoms with E-state index >= 15 is 0 Å². The summed E-state index contributed by atoms with van der Waals surface area (Å²) in [5.74, 6) is -9.74.